The second kappa shape index (κ2) is 4.23. The Bertz CT molecular complexity index is 524. The highest BCUT2D eigenvalue weighted by atomic mass is 35.5. The first-order chi connectivity index (χ1) is 7.25. The predicted molar refractivity (Wildman–Crippen MR) is 56.8 cm³/mol. The van der Waals surface area contributed by atoms with Gasteiger partial charge in [-0.05, 0) is 18.2 Å². The molecule has 0 fully saturated rings. The van der Waals surface area contributed by atoms with Crippen molar-refractivity contribution in [2.24, 2.45) is 0 Å². The second-order valence-electron chi connectivity index (χ2n) is 2.98. The largest absolute Gasteiger partial charge is 0.268 e. The van der Waals surface area contributed by atoms with Crippen LogP contribution in [0.1, 0.15) is 5.69 Å². The lowest BCUT2D eigenvalue weighted by Gasteiger charge is -2.02. The molecule has 0 radical (unpaired) electrons. The number of hydrogen-bond acceptors (Lipinski definition) is 3. The van der Waals surface area contributed by atoms with Crippen molar-refractivity contribution in [3.63, 3.8) is 0 Å². The number of rotatable bonds is 2. The van der Waals surface area contributed by atoms with E-state index in [2.05, 4.69) is 10.1 Å². The zero-order chi connectivity index (χ0) is 10.7. The maximum absolute atomic E-state index is 11.3. The molecule has 0 spiro atoms. The Hall–Kier alpha value is -1.68. The summed E-state index contributed by atoms with van der Waals surface area (Å²) in [5.41, 5.74) is 0.558. The molecule has 4 nitrogen and oxygen atoms in total. The monoisotopic (exact) mass is 221 g/mol. The molecule has 0 amide bonds. The Morgan fingerprint density at radius 1 is 1.33 bits per heavy atom. The van der Waals surface area contributed by atoms with Crippen LogP contribution < -0.4 is 5.56 Å². The Kier molecular flexibility index (Phi) is 2.78. The molecule has 5 heteroatoms. The summed E-state index contributed by atoms with van der Waals surface area (Å²) in [4.78, 5) is 15.4. The van der Waals surface area contributed by atoms with Crippen LogP contribution in [-0.4, -0.2) is 14.8 Å². The molecule has 0 saturated carbocycles. The highest BCUT2D eigenvalue weighted by molar-refractivity contribution is 6.30. The summed E-state index contributed by atoms with van der Waals surface area (Å²) >= 11 is 5.80. The first-order valence-corrected chi connectivity index (χ1v) is 4.76. The first kappa shape index (κ1) is 9.86. The summed E-state index contributed by atoms with van der Waals surface area (Å²) in [6, 6.07) is 6.46. The van der Waals surface area contributed by atoms with Gasteiger partial charge in [-0.2, -0.15) is 5.10 Å². The van der Waals surface area contributed by atoms with Crippen LogP contribution in [0.2, 0.25) is 5.02 Å². The van der Waals surface area contributed by atoms with Crippen LogP contribution in [0.5, 0.6) is 0 Å². The van der Waals surface area contributed by atoms with Crippen LogP contribution in [0.3, 0.4) is 0 Å². The molecule has 0 aromatic carbocycles. The van der Waals surface area contributed by atoms with E-state index in [9.17, 15) is 4.79 Å². The number of hydrogen-bond donors (Lipinski definition) is 0. The fraction of sp³-hybridized carbons (Fsp3) is 0.100. The van der Waals surface area contributed by atoms with E-state index < -0.39 is 0 Å². The van der Waals surface area contributed by atoms with Gasteiger partial charge in [0.05, 0.1) is 12.2 Å². The molecule has 0 aliphatic rings. The normalized spacial score (nSPS) is 10.2. The van der Waals surface area contributed by atoms with Gasteiger partial charge < -0.3 is 0 Å². The number of nitrogens with zero attached hydrogens (tertiary/aromatic N) is 3. The first-order valence-electron chi connectivity index (χ1n) is 4.38. The highest BCUT2D eigenvalue weighted by Crippen LogP contribution is 2.07. The highest BCUT2D eigenvalue weighted by Gasteiger charge is 1.99. The maximum Gasteiger partial charge on any atom is 0.267 e. The molecule has 0 N–H and O–H groups in total. The zero-order valence-corrected chi connectivity index (χ0v) is 8.55. The van der Waals surface area contributed by atoms with Crippen molar-refractivity contribution in [3.05, 3.63) is 57.7 Å². The summed E-state index contributed by atoms with van der Waals surface area (Å²) in [6.07, 6.45) is 3.16. The van der Waals surface area contributed by atoms with E-state index in [0.29, 0.717) is 17.3 Å². The maximum atomic E-state index is 11.3. The van der Waals surface area contributed by atoms with Crippen LogP contribution in [0.25, 0.3) is 0 Å². The Morgan fingerprint density at radius 2 is 2.20 bits per heavy atom. The fourth-order valence-electron chi connectivity index (χ4n) is 1.19. The van der Waals surface area contributed by atoms with E-state index in [-0.39, 0.29) is 5.56 Å². The minimum atomic E-state index is -0.153. The summed E-state index contributed by atoms with van der Waals surface area (Å²) in [7, 11) is 0. The molecule has 0 atom stereocenters. The van der Waals surface area contributed by atoms with Crippen molar-refractivity contribution in [3.8, 4) is 0 Å². The van der Waals surface area contributed by atoms with Crippen LogP contribution in [-0.2, 0) is 6.54 Å². The molecular weight excluding hydrogens is 214 g/mol. The van der Waals surface area contributed by atoms with Crippen molar-refractivity contribution in [1.82, 2.24) is 14.8 Å². The van der Waals surface area contributed by atoms with Crippen molar-refractivity contribution in [1.29, 1.82) is 0 Å². The van der Waals surface area contributed by atoms with Crippen LogP contribution in [0.4, 0.5) is 0 Å². The van der Waals surface area contributed by atoms with Gasteiger partial charge in [-0.1, -0.05) is 11.6 Å². The Morgan fingerprint density at radius 3 is 2.93 bits per heavy atom. The Balaban J connectivity index is 2.30. The Labute approximate surface area is 91.2 Å². The average Bonchev–Trinajstić information content (AvgIpc) is 2.22. The topological polar surface area (TPSA) is 47.8 Å². The van der Waals surface area contributed by atoms with Crippen LogP contribution in [0.15, 0.2) is 41.5 Å². The fourth-order valence-corrected chi connectivity index (χ4v) is 1.38. The third-order valence-electron chi connectivity index (χ3n) is 1.88. The smallest absolute Gasteiger partial charge is 0.267 e. The van der Waals surface area contributed by atoms with Gasteiger partial charge >= 0.3 is 0 Å². The lowest BCUT2D eigenvalue weighted by Crippen LogP contribution is -2.22. The van der Waals surface area contributed by atoms with Crippen molar-refractivity contribution in [2.75, 3.05) is 0 Å². The summed E-state index contributed by atoms with van der Waals surface area (Å²) < 4.78 is 1.33. The van der Waals surface area contributed by atoms with Gasteiger partial charge in [0.1, 0.15) is 0 Å². The van der Waals surface area contributed by atoms with Gasteiger partial charge in [-0.3, -0.25) is 9.78 Å². The van der Waals surface area contributed by atoms with Gasteiger partial charge in [0.15, 0.2) is 0 Å². The molecule has 2 aromatic rings. The molecule has 76 valence electrons. The van der Waals surface area contributed by atoms with E-state index >= 15 is 0 Å². The number of pyridine rings is 1. The van der Waals surface area contributed by atoms with Gasteiger partial charge in [0.2, 0.25) is 0 Å². The number of halogens is 1. The van der Waals surface area contributed by atoms with Gasteiger partial charge in [-0.25, -0.2) is 4.68 Å². The SMILES string of the molecule is O=c1cccnn1Cc1cc(Cl)ccn1. The van der Waals surface area contributed by atoms with Crippen LogP contribution in [0, 0.1) is 0 Å². The lowest BCUT2D eigenvalue weighted by atomic mass is 10.3. The minimum absolute atomic E-state index is 0.153. The molecule has 0 saturated heterocycles. The van der Waals surface area contributed by atoms with E-state index in [0.717, 1.165) is 0 Å². The summed E-state index contributed by atoms with van der Waals surface area (Å²) in [6.45, 7) is 0.334. The standard InChI is InChI=1S/C10H8ClN3O/c11-8-3-5-12-9(6-8)7-14-10(15)2-1-4-13-14/h1-6H,7H2. The van der Waals surface area contributed by atoms with E-state index in [1.54, 1.807) is 30.6 Å². The number of aromatic nitrogens is 3. The summed E-state index contributed by atoms with van der Waals surface area (Å²) in [5, 5.41) is 4.53. The average molecular weight is 222 g/mol. The van der Waals surface area contributed by atoms with E-state index in [1.807, 2.05) is 0 Å². The molecule has 0 unspecified atom stereocenters. The van der Waals surface area contributed by atoms with Crippen LogP contribution >= 0.6 is 11.6 Å². The third kappa shape index (κ3) is 2.41. The molecule has 2 aromatic heterocycles. The molecule has 15 heavy (non-hydrogen) atoms. The molecule has 0 aliphatic carbocycles. The molecule has 0 aliphatic heterocycles. The van der Waals surface area contributed by atoms with Gasteiger partial charge in [-0.15, -0.1) is 0 Å². The van der Waals surface area contributed by atoms with Crippen molar-refractivity contribution < 1.29 is 0 Å². The van der Waals surface area contributed by atoms with Gasteiger partial charge in [0, 0.05) is 23.5 Å². The quantitative estimate of drug-likeness (QED) is 0.769. The minimum Gasteiger partial charge on any atom is -0.268 e. The second-order valence-corrected chi connectivity index (χ2v) is 3.42. The molecule has 2 rings (SSSR count). The molecule has 2 heterocycles. The van der Waals surface area contributed by atoms with Crippen molar-refractivity contribution >= 4 is 11.6 Å². The lowest BCUT2D eigenvalue weighted by molar-refractivity contribution is 0.628. The van der Waals surface area contributed by atoms with E-state index in [1.165, 1.54) is 10.7 Å². The van der Waals surface area contributed by atoms with Crippen molar-refractivity contribution in [2.45, 2.75) is 6.54 Å². The van der Waals surface area contributed by atoms with E-state index in [4.69, 9.17) is 11.6 Å². The molecular formula is C10H8ClN3O. The van der Waals surface area contributed by atoms with Gasteiger partial charge in [0.25, 0.3) is 5.56 Å². The zero-order valence-electron chi connectivity index (χ0n) is 7.80. The molecule has 0 bridgehead atoms. The third-order valence-corrected chi connectivity index (χ3v) is 2.11. The summed E-state index contributed by atoms with van der Waals surface area (Å²) in [5.74, 6) is 0. The predicted octanol–water partition coefficient (Wildman–Crippen LogP) is 1.34.